The average molecular weight is 325 g/mol. The molecule has 0 radical (unpaired) electrons. The second kappa shape index (κ2) is 6.06. The van der Waals surface area contributed by atoms with Gasteiger partial charge in [0.15, 0.2) is 5.96 Å². The molecule has 0 fully saturated rings. The molecule has 0 bridgehead atoms. The largest absolute Gasteiger partial charge is 0.370 e. The highest BCUT2D eigenvalue weighted by molar-refractivity contribution is 6.29. The summed E-state index contributed by atoms with van der Waals surface area (Å²) in [4.78, 5) is 19.7. The number of aromatic nitrogens is 1. The minimum absolute atomic E-state index is 0.259. The third-order valence-corrected chi connectivity index (χ3v) is 3.62. The summed E-state index contributed by atoms with van der Waals surface area (Å²) in [5.41, 5.74) is 12.8. The summed E-state index contributed by atoms with van der Waals surface area (Å²) in [6, 6.07) is 14.8. The lowest BCUT2D eigenvalue weighted by molar-refractivity contribution is 0.100. The number of pyridine rings is 1. The van der Waals surface area contributed by atoms with Gasteiger partial charge in [-0.3, -0.25) is 4.79 Å². The fraction of sp³-hybridized carbons (Fsp3) is 0. The molecule has 1 heterocycles. The van der Waals surface area contributed by atoms with Crippen molar-refractivity contribution >= 4 is 34.2 Å². The van der Waals surface area contributed by atoms with E-state index in [1.807, 2.05) is 30.3 Å². The predicted molar refractivity (Wildman–Crippen MR) is 92.3 cm³/mol. The number of nitrogens with two attached hydrogens (primary N) is 2. The molecule has 0 spiro atoms. The Kier molecular flexibility index (Phi) is 3.95. The first-order valence-corrected chi connectivity index (χ1v) is 7.21. The smallest absolute Gasteiger partial charge is 0.280 e. The van der Waals surface area contributed by atoms with E-state index < -0.39 is 5.91 Å². The predicted octanol–water partition coefficient (Wildman–Crippen LogP) is 2.97. The number of guanidine groups is 1. The van der Waals surface area contributed by atoms with Crippen LogP contribution >= 0.6 is 11.6 Å². The quantitative estimate of drug-likeness (QED) is 0.430. The van der Waals surface area contributed by atoms with Crippen molar-refractivity contribution in [1.82, 2.24) is 4.98 Å². The van der Waals surface area contributed by atoms with E-state index in [0.29, 0.717) is 10.7 Å². The lowest BCUT2D eigenvalue weighted by Gasteiger charge is -2.08. The highest BCUT2D eigenvalue weighted by atomic mass is 35.5. The molecule has 0 aliphatic rings. The van der Waals surface area contributed by atoms with Gasteiger partial charge in [0.1, 0.15) is 5.15 Å². The first-order valence-electron chi connectivity index (χ1n) is 6.83. The van der Waals surface area contributed by atoms with Crippen LogP contribution in [0.1, 0.15) is 10.4 Å². The van der Waals surface area contributed by atoms with Crippen molar-refractivity contribution in [3.63, 3.8) is 0 Å². The number of carbonyl (C=O) groups is 1. The van der Waals surface area contributed by atoms with E-state index in [-0.39, 0.29) is 5.96 Å². The fourth-order valence-corrected chi connectivity index (χ4v) is 2.49. The first kappa shape index (κ1) is 15.0. The Bertz CT molecular complexity index is 916. The number of amides is 1. The van der Waals surface area contributed by atoms with Crippen LogP contribution in [0, 0.1) is 0 Å². The summed E-state index contributed by atoms with van der Waals surface area (Å²) in [6.07, 6.45) is 1.70. The van der Waals surface area contributed by atoms with Gasteiger partial charge in [-0.15, -0.1) is 0 Å². The molecule has 6 heteroatoms. The van der Waals surface area contributed by atoms with Crippen LogP contribution in [0.15, 0.2) is 59.7 Å². The topological polar surface area (TPSA) is 94.4 Å². The Hall–Kier alpha value is -2.92. The molecule has 23 heavy (non-hydrogen) atoms. The van der Waals surface area contributed by atoms with Crippen LogP contribution in [0.5, 0.6) is 0 Å². The Balaban J connectivity index is 2.17. The molecule has 1 aromatic heterocycles. The average Bonchev–Trinajstić information content (AvgIpc) is 2.54. The van der Waals surface area contributed by atoms with Gasteiger partial charge in [-0.2, -0.15) is 4.99 Å². The normalized spacial score (nSPS) is 10.5. The zero-order valence-corrected chi connectivity index (χ0v) is 12.8. The lowest BCUT2D eigenvalue weighted by Crippen LogP contribution is -2.24. The second-order valence-electron chi connectivity index (χ2n) is 4.95. The van der Waals surface area contributed by atoms with Gasteiger partial charge in [0.05, 0.1) is 0 Å². The zero-order valence-electron chi connectivity index (χ0n) is 12.0. The maximum atomic E-state index is 12.0. The zero-order chi connectivity index (χ0) is 16.4. The number of halogens is 1. The number of hydrogen-bond donors (Lipinski definition) is 2. The highest BCUT2D eigenvalue weighted by Gasteiger charge is 2.09. The molecule has 114 valence electrons. The van der Waals surface area contributed by atoms with Gasteiger partial charge in [0.2, 0.25) is 0 Å². The SMILES string of the molecule is NC(N)=NC(=O)c1ccc2cccc(-c3ccc(Cl)nc3)c2c1. The van der Waals surface area contributed by atoms with Crippen molar-refractivity contribution in [3.05, 3.63) is 65.4 Å². The van der Waals surface area contributed by atoms with Crippen LogP contribution in [0.25, 0.3) is 21.9 Å². The number of carbonyl (C=O) groups excluding carboxylic acids is 1. The van der Waals surface area contributed by atoms with Crippen LogP contribution in [-0.4, -0.2) is 16.9 Å². The molecule has 4 N–H and O–H groups in total. The van der Waals surface area contributed by atoms with E-state index in [4.69, 9.17) is 23.1 Å². The Morgan fingerprint density at radius 3 is 2.61 bits per heavy atom. The maximum Gasteiger partial charge on any atom is 0.280 e. The van der Waals surface area contributed by atoms with Gasteiger partial charge in [-0.05, 0) is 40.6 Å². The maximum absolute atomic E-state index is 12.0. The van der Waals surface area contributed by atoms with E-state index in [1.165, 1.54) is 0 Å². The van der Waals surface area contributed by atoms with Crippen LogP contribution in [0.3, 0.4) is 0 Å². The van der Waals surface area contributed by atoms with Gasteiger partial charge >= 0.3 is 0 Å². The fourth-order valence-electron chi connectivity index (χ4n) is 2.37. The number of aliphatic imine (C=N–C) groups is 1. The third kappa shape index (κ3) is 3.14. The van der Waals surface area contributed by atoms with Crippen molar-refractivity contribution < 1.29 is 4.79 Å². The molecular weight excluding hydrogens is 312 g/mol. The molecular formula is C17H13ClN4O. The number of fused-ring (bicyclic) bond motifs is 1. The molecule has 5 nitrogen and oxygen atoms in total. The summed E-state index contributed by atoms with van der Waals surface area (Å²) >= 11 is 5.84. The number of hydrogen-bond acceptors (Lipinski definition) is 2. The number of benzene rings is 2. The van der Waals surface area contributed by atoms with Crippen LogP contribution < -0.4 is 11.5 Å². The molecule has 0 saturated carbocycles. The van der Waals surface area contributed by atoms with Gasteiger partial charge in [0.25, 0.3) is 5.91 Å². The molecule has 1 amide bonds. The summed E-state index contributed by atoms with van der Waals surface area (Å²) in [5.74, 6) is -0.735. The van der Waals surface area contributed by atoms with Crippen molar-refractivity contribution in [3.8, 4) is 11.1 Å². The van der Waals surface area contributed by atoms with E-state index in [2.05, 4.69) is 9.98 Å². The lowest BCUT2D eigenvalue weighted by atomic mass is 9.97. The van der Waals surface area contributed by atoms with Crippen molar-refractivity contribution in [1.29, 1.82) is 0 Å². The van der Waals surface area contributed by atoms with Crippen molar-refractivity contribution in [2.45, 2.75) is 0 Å². The molecule has 0 atom stereocenters. The van der Waals surface area contributed by atoms with Crippen molar-refractivity contribution in [2.24, 2.45) is 16.5 Å². The minimum Gasteiger partial charge on any atom is -0.370 e. The van der Waals surface area contributed by atoms with Crippen molar-refractivity contribution in [2.75, 3.05) is 0 Å². The summed E-state index contributed by atoms with van der Waals surface area (Å²) < 4.78 is 0. The van der Waals surface area contributed by atoms with E-state index >= 15 is 0 Å². The first-order chi connectivity index (χ1) is 11.0. The third-order valence-electron chi connectivity index (χ3n) is 3.40. The number of rotatable bonds is 2. The molecule has 0 saturated heterocycles. The summed E-state index contributed by atoms with van der Waals surface area (Å²) in [6.45, 7) is 0. The molecule has 2 aromatic carbocycles. The highest BCUT2D eigenvalue weighted by Crippen LogP contribution is 2.29. The van der Waals surface area contributed by atoms with Crippen LogP contribution in [0.4, 0.5) is 0 Å². The monoisotopic (exact) mass is 324 g/mol. The van der Waals surface area contributed by atoms with E-state index in [1.54, 1.807) is 24.4 Å². The van der Waals surface area contributed by atoms with E-state index in [9.17, 15) is 4.79 Å². The van der Waals surface area contributed by atoms with Gasteiger partial charge in [-0.25, -0.2) is 4.98 Å². The van der Waals surface area contributed by atoms with Gasteiger partial charge in [-0.1, -0.05) is 35.9 Å². The van der Waals surface area contributed by atoms with Crippen LogP contribution in [-0.2, 0) is 0 Å². The Morgan fingerprint density at radius 2 is 1.91 bits per heavy atom. The van der Waals surface area contributed by atoms with E-state index in [0.717, 1.165) is 21.9 Å². The molecule has 3 aromatic rings. The molecule has 3 rings (SSSR count). The Labute approximate surface area is 137 Å². The van der Waals surface area contributed by atoms with Gasteiger partial charge < -0.3 is 11.5 Å². The molecule has 0 aliphatic carbocycles. The molecule has 0 aliphatic heterocycles. The Morgan fingerprint density at radius 1 is 1.09 bits per heavy atom. The van der Waals surface area contributed by atoms with Gasteiger partial charge in [0, 0.05) is 17.3 Å². The minimum atomic E-state index is -0.476. The summed E-state index contributed by atoms with van der Waals surface area (Å²) in [7, 11) is 0. The summed E-state index contributed by atoms with van der Waals surface area (Å²) in [5, 5.41) is 2.34. The second-order valence-corrected chi connectivity index (χ2v) is 5.34. The molecule has 0 unspecified atom stereocenters. The number of nitrogens with zero attached hydrogens (tertiary/aromatic N) is 2. The standard InChI is InChI=1S/C17H13ClN4O/c18-15-7-6-12(9-21-15)13-3-1-2-10-4-5-11(8-14(10)13)16(23)22-17(19)20/h1-9H,(H4,19,20,22,23). The van der Waals surface area contributed by atoms with Crippen LogP contribution in [0.2, 0.25) is 5.15 Å².